The topological polar surface area (TPSA) is 121 Å². The van der Waals surface area contributed by atoms with E-state index in [1.807, 2.05) is 0 Å². The second kappa shape index (κ2) is 14.3. The number of carbonyl (C=O) groups excluding carboxylic acids is 1. The number of amides is 1. The van der Waals surface area contributed by atoms with Crippen molar-refractivity contribution in [2.24, 2.45) is 0 Å². The van der Waals surface area contributed by atoms with E-state index < -0.39 is 28.7 Å². The molecular weight excluding hydrogens is 646 g/mol. The van der Waals surface area contributed by atoms with Crippen molar-refractivity contribution in [3.8, 4) is 28.7 Å². The van der Waals surface area contributed by atoms with E-state index in [1.54, 1.807) is 36.4 Å². The van der Waals surface area contributed by atoms with Gasteiger partial charge in [-0.05, 0) is 74.8 Å². The molecule has 4 aromatic carbocycles. The van der Waals surface area contributed by atoms with E-state index in [1.165, 1.54) is 67.2 Å². The summed E-state index contributed by atoms with van der Waals surface area (Å²) in [4.78, 5) is 29.0. The van der Waals surface area contributed by atoms with Crippen molar-refractivity contribution in [1.82, 2.24) is 24.9 Å². The highest BCUT2D eigenvalue weighted by Gasteiger charge is 2.21. The van der Waals surface area contributed by atoms with E-state index in [4.69, 9.17) is 14.2 Å². The maximum Gasteiger partial charge on any atom is 0.280 e. The largest absolute Gasteiger partial charge is 0.493 e. The number of nitrogens with zero attached hydrogens (tertiary/aromatic N) is 5. The third-order valence-corrected chi connectivity index (χ3v) is 8.46. The van der Waals surface area contributed by atoms with Gasteiger partial charge in [0.1, 0.15) is 17.0 Å². The Kier molecular flexibility index (Phi) is 9.30. The van der Waals surface area contributed by atoms with Gasteiger partial charge in [0, 0.05) is 24.4 Å². The number of hydrogen-bond acceptors (Lipinski definition) is 9. The van der Waals surface area contributed by atoms with Crippen LogP contribution in [0.1, 0.15) is 29.8 Å². The Morgan fingerprint density at radius 3 is 2.48 bits per heavy atom. The third-order valence-electron chi connectivity index (χ3n) is 8.46. The molecule has 0 radical (unpaired) electrons. The molecule has 2 aromatic heterocycles. The Labute approximate surface area is 285 Å². The van der Waals surface area contributed by atoms with Crippen LogP contribution in [0.3, 0.4) is 0 Å². The smallest absolute Gasteiger partial charge is 0.280 e. The molecule has 6 aromatic rings. The summed E-state index contributed by atoms with van der Waals surface area (Å²) < 4.78 is 48.9. The fourth-order valence-electron chi connectivity index (χ4n) is 5.98. The van der Waals surface area contributed by atoms with Crippen LogP contribution in [0.5, 0.6) is 23.0 Å². The van der Waals surface area contributed by atoms with Crippen LogP contribution in [0.2, 0.25) is 0 Å². The lowest BCUT2D eigenvalue weighted by Gasteiger charge is -2.16. The number of likely N-dealkylation sites (tertiary alicyclic amines) is 1. The van der Waals surface area contributed by atoms with Crippen LogP contribution in [-0.2, 0) is 0 Å². The molecule has 1 aliphatic rings. The second-order valence-corrected chi connectivity index (χ2v) is 11.7. The lowest BCUT2D eigenvalue weighted by molar-refractivity contribution is 0.102. The minimum atomic E-state index is -0.899. The number of benzene rings is 4. The minimum Gasteiger partial charge on any atom is -0.493 e. The number of halogens is 2. The zero-order valence-corrected chi connectivity index (χ0v) is 27.1. The van der Waals surface area contributed by atoms with Crippen LogP contribution < -0.4 is 25.0 Å². The molecule has 254 valence electrons. The summed E-state index contributed by atoms with van der Waals surface area (Å²) in [6.07, 6.45) is 4.70. The van der Waals surface area contributed by atoms with Gasteiger partial charge in [-0.1, -0.05) is 24.3 Å². The molecular formula is C37H32F2N6O5. The fourth-order valence-corrected chi connectivity index (χ4v) is 5.98. The number of ether oxygens (including phenoxy) is 3. The van der Waals surface area contributed by atoms with Crippen molar-refractivity contribution in [3.63, 3.8) is 0 Å². The van der Waals surface area contributed by atoms with Gasteiger partial charge in [0.05, 0.1) is 36.2 Å². The molecule has 0 saturated carbocycles. The predicted molar refractivity (Wildman–Crippen MR) is 184 cm³/mol. The van der Waals surface area contributed by atoms with Crippen molar-refractivity contribution in [2.75, 3.05) is 38.7 Å². The van der Waals surface area contributed by atoms with Crippen LogP contribution in [0, 0.1) is 11.6 Å². The Bertz CT molecular complexity index is 2270. The van der Waals surface area contributed by atoms with Gasteiger partial charge in [0.25, 0.3) is 5.91 Å². The molecule has 13 heteroatoms. The van der Waals surface area contributed by atoms with E-state index in [0.717, 1.165) is 32.1 Å². The zero-order valence-electron chi connectivity index (χ0n) is 27.1. The number of nitrogens with one attached hydrogen (secondary N) is 1. The molecule has 1 N–H and O–H groups in total. The Hall–Kier alpha value is -5.95. The molecule has 1 saturated heterocycles. The van der Waals surface area contributed by atoms with Gasteiger partial charge in [-0.2, -0.15) is 15.3 Å². The normalized spacial score (nSPS) is 13.1. The summed E-state index contributed by atoms with van der Waals surface area (Å²) in [7, 11) is 1.53. The lowest BCUT2D eigenvalue weighted by Crippen LogP contribution is -2.27. The number of fused-ring (bicyclic) bond motifs is 2. The lowest BCUT2D eigenvalue weighted by atomic mass is 10.1. The van der Waals surface area contributed by atoms with E-state index in [9.17, 15) is 14.0 Å². The van der Waals surface area contributed by atoms with E-state index in [2.05, 4.69) is 25.5 Å². The SMILES string of the molecule is COc1cc2c(Oc3ccc(NC(=O)c4nn(-c5ccccc5F)c5ccccc5c4=O)cc3F)cnnc2cc1OCCCN1CCCC1. The zero-order chi connectivity index (χ0) is 34.6. The highest BCUT2D eigenvalue weighted by Crippen LogP contribution is 2.37. The van der Waals surface area contributed by atoms with Gasteiger partial charge in [0.15, 0.2) is 34.5 Å². The number of methoxy groups -OCH3 is 1. The molecule has 0 aliphatic carbocycles. The highest BCUT2D eigenvalue weighted by atomic mass is 19.1. The van der Waals surface area contributed by atoms with Crippen LogP contribution in [0.4, 0.5) is 14.5 Å². The second-order valence-electron chi connectivity index (χ2n) is 11.7. The first kappa shape index (κ1) is 32.6. The molecule has 0 atom stereocenters. The van der Waals surface area contributed by atoms with Crippen molar-refractivity contribution in [2.45, 2.75) is 19.3 Å². The molecule has 1 aliphatic heterocycles. The van der Waals surface area contributed by atoms with Crippen molar-refractivity contribution in [3.05, 3.63) is 113 Å². The van der Waals surface area contributed by atoms with Gasteiger partial charge in [-0.3, -0.25) is 9.59 Å². The van der Waals surface area contributed by atoms with Crippen molar-refractivity contribution < 1.29 is 27.8 Å². The molecule has 7 rings (SSSR count). The molecule has 0 bridgehead atoms. The highest BCUT2D eigenvalue weighted by molar-refractivity contribution is 6.04. The van der Waals surface area contributed by atoms with E-state index >= 15 is 4.39 Å². The maximum atomic E-state index is 15.4. The summed E-state index contributed by atoms with van der Waals surface area (Å²) in [6.45, 7) is 3.73. The molecule has 11 nitrogen and oxygen atoms in total. The van der Waals surface area contributed by atoms with Crippen LogP contribution in [0.15, 0.2) is 89.9 Å². The predicted octanol–water partition coefficient (Wildman–Crippen LogP) is 6.53. The first-order valence-corrected chi connectivity index (χ1v) is 16.1. The van der Waals surface area contributed by atoms with Crippen LogP contribution >= 0.6 is 0 Å². The number of rotatable bonds is 11. The number of hydrogen-bond donors (Lipinski definition) is 1. The first-order chi connectivity index (χ1) is 24.4. The Morgan fingerprint density at radius 1 is 0.880 bits per heavy atom. The summed E-state index contributed by atoms with van der Waals surface area (Å²) in [5.74, 6) is -1.24. The molecule has 3 heterocycles. The third kappa shape index (κ3) is 6.67. The van der Waals surface area contributed by atoms with Gasteiger partial charge in [0.2, 0.25) is 5.43 Å². The summed E-state index contributed by atoms with van der Waals surface area (Å²) >= 11 is 0. The molecule has 0 unspecified atom stereocenters. The number of carbonyl (C=O) groups is 1. The van der Waals surface area contributed by atoms with Gasteiger partial charge < -0.3 is 24.4 Å². The van der Waals surface area contributed by atoms with E-state index in [-0.39, 0.29) is 28.3 Å². The van der Waals surface area contributed by atoms with Crippen molar-refractivity contribution in [1.29, 1.82) is 0 Å². The number of anilines is 1. The number of aromatic nitrogens is 4. The Balaban J connectivity index is 1.10. The molecule has 1 amide bonds. The monoisotopic (exact) mass is 678 g/mol. The number of para-hydroxylation sites is 2. The quantitative estimate of drug-likeness (QED) is 0.153. The maximum absolute atomic E-state index is 15.4. The average molecular weight is 679 g/mol. The van der Waals surface area contributed by atoms with Gasteiger partial charge >= 0.3 is 0 Å². The molecule has 0 spiro atoms. The van der Waals surface area contributed by atoms with Gasteiger partial charge in [-0.25, -0.2) is 13.5 Å². The van der Waals surface area contributed by atoms with E-state index in [0.29, 0.717) is 34.5 Å². The van der Waals surface area contributed by atoms with Crippen molar-refractivity contribution >= 4 is 33.4 Å². The standard InChI is InChI=1S/C37H32F2N6O5/c1-48-32-20-25-28(21-33(32)49-18-8-17-44-15-6-7-16-44)42-40-22-34(25)50-31-14-13-23(19-27(31)39)41-37(47)35-36(46)24-9-2-4-11-29(24)45(43-35)30-12-5-3-10-26(30)38/h2-5,9-14,19-22H,6-8,15-18H2,1H3,(H,41,47). The average Bonchev–Trinajstić information content (AvgIpc) is 3.65. The van der Waals surface area contributed by atoms with Gasteiger partial charge in [-0.15, -0.1) is 0 Å². The summed E-state index contributed by atoms with van der Waals surface area (Å²) in [5.41, 5.74) is -0.277. The van der Waals surface area contributed by atoms with Crippen LogP contribution in [0.25, 0.3) is 27.5 Å². The summed E-state index contributed by atoms with van der Waals surface area (Å²) in [5, 5.41) is 15.6. The molecule has 50 heavy (non-hydrogen) atoms. The van der Waals surface area contributed by atoms with Crippen LogP contribution in [-0.4, -0.2) is 64.1 Å². The summed E-state index contributed by atoms with van der Waals surface area (Å²) in [6, 6.07) is 19.5. The fraction of sp³-hybridized carbons (Fsp3) is 0.216. The Morgan fingerprint density at radius 2 is 1.68 bits per heavy atom. The first-order valence-electron chi connectivity index (χ1n) is 16.1. The minimum absolute atomic E-state index is 0.0394. The molecule has 1 fully saturated rings.